The molecule has 0 aliphatic carbocycles. The van der Waals surface area contributed by atoms with Crippen molar-refractivity contribution in [1.82, 2.24) is 4.98 Å². The average molecular weight is 383 g/mol. The van der Waals surface area contributed by atoms with E-state index in [1.807, 2.05) is 0 Å². The molecular weight excluding hydrogens is 371 g/mol. The van der Waals surface area contributed by atoms with Crippen LogP contribution in [0.4, 0.5) is 5.82 Å². The Morgan fingerprint density at radius 1 is 1.20 bits per heavy atom. The van der Waals surface area contributed by atoms with E-state index in [0.717, 1.165) is 0 Å². The maximum Gasteiger partial charge on any atom is 0.338 e. The first-order chi connectivity index (χ1) is 11.9. The highest BCUT2D eigenvalue weighted by atomic mass is 35.5. The van der Waals surface area contributed by atoms with Gasteiger partial charge in [0.05, 0.1) is 21.3 Å². The Kier molecular flexibility index (Phi) is 4.96. The van der Waals surface area contributed by atoms with E-state index in [1.54, 1.807) is 13.0 Å². The van der Waals surface area contributed by atoms with Crippen LogP contribution >= 0.6 is 23.2 Å². The van der Waals surface area contributed by atoms with Crippen molar-refractivity contribution in [2.24, 2.45) is 0 Å². The summed E-state index contributed by atoms with van der Waals surface area (Å²) in [6, 6.07) is 6.08. The molecule has 1 aliphatic rings. The predicted molar refractivity (Wildman–Crippen MR) is 90.5 cm³/mol. The molecular formula is C16H12Cl2N2O5. The molecule has 0 spiro atoms. The number of nitrogens with one attached hydrogen (secondary N) is 1. The minimum atomic E-state index is -0.667. The van der Waals surface area contributed by atoms with Crippen LogP contribution in [0.2, 0.25) is 10.0 Å². The third-order valence-corrected chi connectivity index (χ3v) is 3.98. The van der Waals surface area contributed by atoms with Crippen molar-refractivity contribution in [2.75, 3.05) is 18.7 Å². The summed E-state index contributed by atoms with van der Waals surface area (Å²) in [4.78, 5) is 28.0. The van der Waals surface area contributed by atoms with E-state index in [-0.39, 0.29) is 23.2 Å². The predicted octanol–water partition coefficient (Wildman–Crippen LogP) is 3.22. The molecule has 0 saturated heterocycles. The molecule has 25 heavy (non-hydrogen) atoms. The molecule has 7 nitrogen and oxygen atoms in total. The van der Waals surface area contributed by atoms with E-state index < -0.39 is 18.5 Å². The largest absolute Gasteiger partial charge is 0.454 e. The number of hydrogen-bond acceptors (Lipinski definition) is 6. The lowest BCUT2D eigenvalue weighted by Gasteiger charge is -2.09. The number of fused-ring (bicyclic) bond motifs is 1. The number of rotatable bonds is 4. The molecule has 1 N–H and O–H groups in total. The Morgan fingerprint density at radius 3 is 2.76 bits per heavy atom. The number of carbonyl (C=O) groups excluding carboxylic acids is 2. The van der Waals surface area contributed by atoms with E-state index in [9.17, 15) is 9.59 Å². The van der Waals surface area contributed by atoms with Crippen LogP contribution in [0.15, 0.2) is 24.3 Å². The second-order valence-corrected chi connectivity index (χ2v) is 5.89. The molecule has 1 aromatic carbocycles. The van der Waals surface area contributed by atoms with E-state index in [1.165, 1.54) is 18.2 Å². The monoisotopic (exact) mass is 382 g/mol. The van der Waals surface area contributed by atoms with Gasteiger partial charge in [-0.1, -0.05) is 23.2 Å². The van der Waals surface area contributed by atoms with Crippen LogP contribution in [0.5, 0.6) is 11.5 Å². The molecule has 3 rings (SSSR count). The van der Waals surface area contributed by atoms with E-state index in [2.05, 4.69) is 10.3 Å². The summed E-state index contributed by atoms with van der Waals surface area (Å²) in [5, 5.41) is 3.04. The van der Waals surface area contributed by atoms with Crippen LogP contribution < -0.4 is 14.8 Å². The highest BCUT2D eigenvalue weighted by Crippen LogP contribution is 2.32. The molecule has 0 atom stereocenters. The first-order valence-corrected chi connectivity index (χ1v) is 7.89. The van der Waals surface area contributed by atoms with Crippen LogP contribution in [-0.2, 0) is 9.53 Å². The van der Waals surface area contributed by atoms with Gasteiger partial charge in [0.15, 0.2) is 23.9 Å². The van der Waals surface area contributed by atoms with Crippen molar-refractivity contribution in [3.05, 3.63) is 45.6 Å². The lowest BCUT2D eigenvalue weighted by atomic mass is 10.2. The number of pyridine rings is 1. The highest BCUT2D eigenvalue weighted by molar-refractivity contribution is 6.36. The maximum atomic E-state index is 12.0. The summed E-state index contributed by atoms with van der Waals surface area (Å²) in [7, 11) is 0. The van der Waals surface area contributed by atoms with Gasteiger partial charge in [-0.05, 0) is 31.2 Å². The number of hydrogen-bond donors (Lipinski definition) is 1. The Hall–Kier alpha value is -2.51. The van der Waals surface area contributed by atoms with Gasteiger partial charge in [-0.15, -0.1) is 0 Å². The normalized spacial score (nSPS) is 12.0. The fourth-order valence-corrected chi connectivity index (χ4v) is 2.46. The Bertz CT molecular complexity index is 857. The molecule has 9 heteroatoms. The number of aromatic nitrogens is 1. The molecule has 0 saturated carbocycles. The minimum absolute atomic E-state index is 0.102. The van der Waals surface area contributed by atoms with Crippen molar-refractivity contribution in [3.63, 3.8) is 0 Å². The molecule has 0 fully saturated rings. The molecule has 0 radical (unpaired) electrons. The molecule has 0 unspecified atom stereocenters. The number of halogens is 2. The van der Waals surface area contributed by atoms with E-state index in [0.29, 0.717) is 22.2 Å². The maximum absolute atomic E-state index is 12.0. The fraction of sp³-hybridized carbons (Fsp3) is 0.188. The van der Waals surface area contributed by atoms with Crippen molar-refractivity contribution < 1.29 is 23.8 Å². The molecule has 130 valence electrons. The van der Waals surface area contributed by atoms with Crippen LogP contribution in [-0.4, -0.2) is 30.3 Å². The van der Waals surface area contributed by atoms with Gasteiger partial charge in [-0.3, -0.25) is 4.79 Å². The summed E-state index contributed by atoms with van der Waals surface area (Å²) >= 11 is 11.8. The summed E-state index contributed by atoms with van der Waals surface area (Å²) in [5.41, 5.74) is 0.759. The minimum Gasteiger partial charge on any atom is -0.454 e. The van der Waals surface area contributed by atoms with Crippen LogP contribution in [0.25, 0.3) is 0 Å². The Morgan fingerprint density at radius 2 is 1.96 bits per heavy atom. The number of benzene rings is 1. The molecule has 0 bridgehead atoms. The van der Waals surface area contributed by atoms with Gasteiger partial charge in [-0.2, -0.15) is 0 Å². The van der Waals surface area contributed by atoms with Gasteiger partial charge in [0.25, 0.3) is 5.91 Å². The van der Waals surface area contributed by atoms with Gasteiger partial charge >= 0.3 is 5.97 Å². The van der Waals surface area contributed by atoms with Gasteiger partial charge < -0.3 is 19.5 Å². The highest BCUT2D eigenvalue weighted by Gasteiger charge is 2.18. The molecule has 1 aromatic heterocycles. The zero-order valence-corrected chi connectivity index (χ0v) is 14.5. The van der Waals surface area contributed by atoms with Crippen LogP contribution in [0.1, 0.15) is 16.1 Å². The number of aryl methyl sites for hydroxylation is 1. The molecule has 1 aliphatic heterocycles. The standard InChI is InChI=1S/C16H12Cl2N2O5/c1-8-10(17)5-11(18)15(19-8)20-14(21)6-23-16(22)9-2-3-12-13(4-9)25-7-24-12/h2-5H,6-7H2,1H3,(H,19,20,21). The fourth-order valence-electron chi connectivity index (χ4n) is 2.05. The molecule has 1 amide bonds. The lowest BCUT2D eigenvalue weighted by molar-refractivity contribution is -0.119. The number of anilines is 1. The van der Waals surface area contributed by atoms with Gasteiger partial charge in [0.1, 0.15) is 0 Å². The summed E-state index contributed by atoms with van der Waals surface area (Å²) in [5.74, 6) is -0.0997. The second-order valence-electron chi connectivity index (χ2n) is 5.08. The smallest absolute Gasteiger partial charge is 0.338 e. The van der Waals surface area contributed by atoms with Crippen LogP contribution in [0.3, 0.4) is 0 Å². The van der Waals surface area contributed by atoms with Gasteiger partial charge in [0, 0.05) is 0 Å². The third kappa shape index (κ3) is 3.94. The van der Waals surface area contributed by atoms with Crippen molar-refractivity contribution in [1.29, 1.82) is 0 Å². The number of ether oxygens (including phenoxy) is 3. The van der Waals surface area contributed by atoms with E-state index >= 15 is 0 Å². The first-order valence-electron chi connectivity index (χ1n) is 7.13. The van der Waals surface area contributed by atoms with Crippen molar-refractivity contribution >= 4 is 40.9 Å². The van der Waals surface area contributed by atoms with Crippen molar-refractivity contribution in [3.8, 4) is 11.5 Å². The summed E-state index contributed by atoms with van der Waals surface area (Å²) in [6.45, 7) is 1.28. The first kappa shape index (κ1) is 17.3. The third-order valence-electron chi connectivity index (χ3n) is 3.31. The lowest BCUT2D eigenvalue weighted by Crippen LogP contribution is -2.21. The summed E-state index contributed by atoms with van der Waals surface area (Å²) in [6.07, 6.45) is 0. The zero-order valence-electron chi connectivity index (χ0n) is 13.0. The second kappa shape index (κ2) is 7.16. The number of nitrogens with zero attached hydrogens (tertiary/aromatic N) is 1. The average Bonchev–Trinajstić information content (AvgIpc) is 3.05. The molecule has 2 heterocycles. The topological polar surface area (TPSA) is 86.8 Å². The molecule has 2 aromatic rings. The number of esters is 1. The number of amides is 1. The van der Waals surface area contributed by atoms with Crippen molar-refractivity contribution in [2.45, 2.75) is 6.92 Å². The zero-order chi connectivity index (χ0) is 18.0. The van der Waals surface area contributed by atoms with Gasteiger partial charge in [0.2, 0.25) is 6.79 Å². The SMILES string of the molecule is Cc1nc(NC(=O)COC(=O)c2ccc3c(c2)OCO3)c(Cl)cc1Cl. The quantitative estimate of drug-likeness (QED) is 0.816. The van der Waals surface area contributed by atoms with Crippen LogP contribution in [0, 0.1) is 6.92 Å². The summed E-state index contributed by atoms with van der Waals surface area (Å²) < 4.78 is 15.3. The van der Waals surface area contributed by atoms with E-state index in [4.69, 9.17) is 37.4 Å². The van der Waals surface area contributed by atoms with Gasteiger partial charge in [-0.25, -0.2) is 9.78 Å². The number of carbonyl (C=O) groups is 2. The Balaban J connectivity index is 1.59. The Labute approximate surface area is 152 Å².